The summed E-state index contributed by atoms with van der Waals surface area (Å²) in [5.41, 5.74) is 2.36. The number of ether oxygens (including phenoxy) is 1. The van der Waals surface area contributed by atoms with Gasteiger partial charge in [0.25, 0.3) is 0 Å². The Morgan fingerprint density at radius 2 is 1.81 bits per heavy atom. The molecule has 2 aromatic carbocycles. The lowest BCUT2D eigenvalue weighted by Gasteiger charge is -2.22. The third-order valence-electron chi connectivity index (χ3n) is 3.53. The molecule has 1 unspecified atom stereocenters. The molecule has 0 amide bonds. The number of halogens is 1. The molecule has 21 heavy (non-hydrogen) atoms. The van der Waals surface area contributed by atoms with Crippen LogP contribution in [0.25, 0.3) is 0 Å². The molecule has 0 aliphatic rings. The molecular formula is C18H22ClNO. The summed E-state index contributed by atoms with van der Waals surface area (Å²) in [5.74, 6) is 0.943. The van der Waals surface area contributed by atoms with Crippen LogP contribution in [0.4, 0.5) is 0 Å². The van der Waals surface area contributed by atoms with Gasteiger partial charge in [0.2, 0.25) is 0 Å². The van der Waals surface area contributed by atoms with Gasteiger partial charge in [0.05, 0.1) is 6.61 Å². The first kappa shape index (κ1) is 15.9. The topological polar surface area (TPSA) is 21.3 Å². The maximum atomic E-state index is 6.06. The highest BCUT2D eigenvalue weighted by Gasteiger charge is 2.14. The second-order valence-electron chi connectivity index (χ2n) is 5.14. The van der Waals surface area contributed by atoms with Crippen LogP contribution < -0.4 is 10.1 Å². The van der Waals surface area contributed by atoms with E-state index >= 15 is 0 Å². The zero-order valence-corrected chi connectivity index (χ0v) is 13.5. The highest BCUT2D eigenvalue weighted by molar-refractivity contribution is 6.30. The standard InChI is InChI=1S/C18H22ClNO/c1-4-21-18-11-6-5-10-17(18)14(3)20-13(2)15-8-7-9-16(19)12-15/h5-14,20H,4H2,1-3H3/t13-,14?/m1/s1. The molecule has 0 bridgehead atoms. The van der Waals surface area contributed by atoms with Gasteiger partial charge in [-0.05, 0) is 44.5 Å². The molecular weight excluding hydrogens is 282 g/mol. The van der Waals surface area contributed by atoms with Crippen LogP contribution in [0.3, 0.4) is 0 Å². The van der Waals surface area contributed by atoms with Gasteiger partial charge < -0.3 is 10.1 Å². The van der Waals surface area contributed by atoms with E-state index in [-0.39, 0.29) is 12.1 Å². The van der Waals surface area contributed by atoms with Gasteiger partial charge in [-0.3, -0.25) is 0 Å². The van der Waals surface area contributed by atoms with Gasteiger partial charge in [-0.25, -0.2) is 0 Å². The van der Waals surface area contributed by atoms with Gasteiger partial charge in [-0.2, -0.15) is 0 Å². The van der Waals surface area contributed by atoms with Crippen LogP contribution in [0.2, 0.25) is 5.02 Å². The van der Waals surface area contributed by atoms with Crippen LogP contribution in [0.15, 0.2) is 48.5 Å². The zero-order chi connectivity index (χ0) is 15.2. The number of hydrogen-bond acceptors (Lipinski definition) is 2. The van der Waals surface area contributed by atoms with Gasteiger partial charge in [-0.1, -0.05) is 41.9 Å². The van der Waals surface area contributed by atoms with Crippen molar-refractivity contribution in [3.8, 4) is 5.75 Å². The lowest BCUT2D eigenvalue weighted by atomic mass is 10.0. The smallest absolute Gasteiger partial charge is 0.124 e. The van der Waals surface area contributed by atoms with Crippen molar-refractivity contribution in [2.75, 3.05) is 6.61 Å². The van der Waals surface area contributed by atoms with E-state index in [1.54, 1.807) is 0 Å². The van der Waals surface area contributed by atoms with Crippen LogP contribution in [0, 0.1) is 0 Å². The summed E-state index contributed by atoms with van der Waals surface area (Å²) in [4.78, 5) is 0. The van der Waals surface area contributed by atoms with Crippen LogP contribution in [0.1, 0.15) is 44.0 Å². The third kappa shape index (κ3) is 4.23. The van der Waals surface area contributed by atoms with Crippen molar-refractivity contribution in [2.24, 2.45) is 0 Å². The van der Waals surface area contributed by atoms with Crippen molar-refractivity contribution >= 4 is 11.6 Å². The Kier molecular flexibility index (Phi) is 5.66. The largest absolute Gasteiger partial charge is 0.494 e. The Bertz CT molecular complexity index is 585. The number of rotatable bonds is 6. The first-order valence-electron chi connectivity index (χ1n) is 7.35. The van der Waals surface area contributed by atoms with E-state index in [1.807, 2.05) is 43.3 Å². The van der Waals surface area contributed by atoms with Crippen molar-refractivity contribution in [3.05, 3.63) is 64.7 Å². The lowest BCUT2D eigenvalue weighted by molar-refractivity contribution is 0.331. The number of benzene rings is 2. The molecule has 112 valence electrons. The fourth-order valence-electron chi connectivity index (χ4n) is 2.46. The molecule has 3 heteroatoms. The first-order valence-corrected chi connectivity index (χ1v) is 7.72. The van der Waals surface area contributed by atoms with Gasteiger partial charge in [0.1, 0.15) is 5.75 Å². The molecule has 0 spiro atoms. The minimum Gasteiger partial charge on any atom is -0.494 e. The lowest BCUT2D eigenvalue weighted by Crippen LogP contribution is -2.23. The summed E-state index contributed by atoms with van der Waals surface area (Å²) in [6, 6.07) is 16.5. The van der Waals surface area contributed by atoms with Crippen LogP contribution in [0.5, 0.6) is 5.75 Å². The SMILES string of the molecule is CCOc1ccccc1C(C)N[C@H](C)c1cccc(Cl)c1. The van der Waals surface area contributed by atoms with Crippen molar-refractivity contribution < 1.29 is 4.74 Å². The van der Waals surface area contributed by atoms with Crippen molar-refractivity contribution in [3.63, 3.8) is 0 Å². The Hall–Kier alpha value is -1.51. The molecule has 0 fully saturated rings. The van der Waals surface area contributed by atoms with E-state index in [9.17, 15) is 0 Å². The molecule has 2 rings (SSSR count). The maximum Gasteiger partial charge on any atom is 0.124 e. The average molecular weight is 304 g/mol. The van der Waals surface area contributed by atoms with Crippen molar-refractivity contribution in [2.45, 2.75) is 32.9 Å². The molecule has 0 radical (unpaired) electrons. The van der Waals surface area contributed by atoms with E-state index < -0.39 is 0 Å². The van der Waals surface area contributed by atoms with E-state index in [4.69, 9.17) is 16.3 Å². The Labute approximate surface area is 132 Å². The molecule has 2 aromatic rings. The summed E-state index contributed by atoms with van der Waals surface area (Å²) in [6.07, 6.45) is 0. The second kappa shape index (κ2) is 7.48. The van der Waals surface area contributed by atoms with E-state index in [0.717, 1.165) is 10.8 Å². The van der Waals surface area contributed by atoms with E-state index in [2.05, 4.69) is 31.3 Å². The fourth-order valence-corrected chi connectivity index (χ4v) is 2.66. The zero-order valence-electron chi connectivity index (χ0n) is 12.8. The summed E-state index contributed by atoms with van der Waals surface area (Å²) in [7, 11) is 0. The molecule has 1 N–H and O–H groups in total. The molecule has 0 saturated carbocycles. The minimum absolute atomic E-state index is 0.196. The molecule has 2 nitrogen and oxygen atoms in total. The summed E-state index contributed by atoms with van der Waals surface area (Å²) < 4.78 is 5.70. The molecule has 0 heterocycles. The summed E-state index contributed by atoms with van der Waals surface area (Å²) in [6.45, 7) is 6.97. The molecule has 0 saturated heterocycles. The monoisotopic (exact) mass is 303 g/mol. The van der Waals surface area contributed by atoms with Crippen LogP contribution >= 0.6 is 11.6 Å². The van der Waals surface area contributed by atoms with Crippen LogP contribution in [-0.4, -0.2) is 6.61 Å². The number of nitrogens with one attached hydrogen (secondary N) is 1. The molecule has 0 aliphatic carbocycles. The predicted molar refractivity (Wildman–Crippen MR) is 89.0 cm³/mol. The quantitative estimate of drug-likeness (QED) is 0.796. The Morgan fingerprint density at radius 1 is 1.05 bits per heavy atom. The highest BCUT2D eigenvalue weighted by Crippen LogP contribution is 2.27. The number of hydrogen-bond donors (Lipinski definition) is 1. The van der Waals surface area contributed by atoms with Crippen LogP contribution in [-0.2, 0) is 0 Å². The minimum atomic E-state index is 0.196. The third-order valence-corrected chi connectivity index (χ3v) is 3.77. The molecule has 0 aromatic heterocycles. The van der Waals surface area contributed by atoms with Gasteiger partial charge in [-0.15, -0.1) is 0 Å². The Morgan fingerprint density at radius 3 is 2.52 bits per heavy atom. The number of para-hydroxylation sites is 1. The molecule has 2 atom stereocenters. The molecule has 0 aliphatic heterocycles. The van der Waals surface area contributed by atoms with Gasteiger partial charge >= 0.3 is 0 Å². The van der Waals surface area contributed by atoms with Crippen molar-refractivity contribution in [1.29, 1.82) is 0 Å². The van der Waals surface area contributed by atoms with E-state index in [0.29, 0.717) is 6.61 Å². The van der Waals surface area contributed by atoms with Gasteiger partial charge in [0, 0.05) is 22.7 Å². The normalized spacial score (nSPS) is 13.7. The van der Waals surface area contributed by atoms with E-state index in [1.165, 1.54) is 11.1 Å². The first-order chi connectivity index (χ1) is 10.1. The summed E-state index contributed by atoms with van der Waals surface area (Å²) in [5, 5.41) is 4.37. The van der Waals surface area contributed by atoms with Gasteiger partial charge in [0.15, 0.2) is 0 Å². The average Bonchev–Trinajstić information content (AvgIpc) is 2.48. The fraction of sp³-hybridized carbons (Fsp3) is 0.333. The Balaban J connectivity index is 2.12. The highest BCUT2D eigenvalue weighted by atomic mass is 35.5. The second-order valence-corrected chi connectivity index (χ2v) is 5.57. The summed E-state index contributed by atoms with van der Waals surface area (Å²) >= 11 is 6.06. The maximum absolute atomic E-state index is 6.06. The predicted octanol–water partition coefficient (Wildman–Crippen LogP) is 5.15. The van der Waals surface area contributed by atoms with Crippen molar-refractivity contribution in [1.82, 2.24) is 5.32 Å².